The Hall–Kier alpha value is -3.80. The Balaban J connectivity index is 1.73. The molecular weight excluding hydrogens is 431 g/mol. The maximum Gasteiger partial charge on any atom is 0.413 e. The molecule has 0 spiro atoms. The number of halogens is 3. The van der Waals surface area contributed by atoms with E-state index in [0.29, 0.717) is 38.5 Å². The van der Waals surface area contributed by atoms with E-state index in [0.717, 1.165) is 12.4 Å². The van der Waals surface area contributed by atoms with Crippen LogP contribution in [0.4, 0.5) is 13.2 Å². The largest absolute Gasteiger partial charge is 0.494 e. The average molecular weight is 449 g/mol. The molecule has 0 aliphatic carbocycles. The molecule has 0 aromatic carbocycles. The SMILES string of the molecule is COc1cc(-c2ccc3c(O)n(-c4cnn(C(CO)C(F)(F)F)c4)cc3n2)cnc1OC. The second-order valence-corrected chi connectivity index (χ2v) is 6.81. The van der Waals surface area contributed by atoms with Crippen molar-refractivity contribution in [2.45, 2.75) is 12.2 Å². The summed E-state index contributed by atoms with van der Waals surface area (Å²) in [4.78, 5) is 8.69. The predicted molar refractivity (Wildman–Crippen MR) is 107 cm³/mol. The maximum absolute atomic E-state index is 13.1. The van der Waals surface area contributed by atoms with E-state index in [9.17, 15) is 18.3 Å². The van der Waals surface area contributed by atoms with Crippen molar-refractivity contribution >= 4 is 10.9 Å². The normalized spacial score (nSPS) is 12.8. The molecule has 0 aliphatic rings. The summed E-state index contributed by atoms with van der Waals surface area (Å²) in [6.45, 7) is -1.16. The van der Waals surface area contributed by atoms with Crippen molar-refractivity contribution in [2.24, 2.45) is 0 Å². The fourth-order valence-electron chi connectivity index (χ4n) is 3.26. The van der Waals surface area contributed by atoms with E-state index in [4.69, 9.17) is 14.6 Å². The minimum atomic E-state index is -4.68. The second kappa shape index (κ2) is 8.04. The zero-order valence-electron chi connectivity index (χ0n) is 16.9. The third-order valence-electron chi connectivity index (χ3n) is 4.91. The lowest BCUT2D eigenvalue weighted by Crippen LogP contribution is -2.29. The highest BCUT2D eigenvalue weighted by molar-refractivity contribution is 5.87. The van der Waals surface area contributed by atoms with E-state index in [1.807, 2.05) is 0 Å². The van der Waals surface area contributed by atoms with Gasteiger partial charge in [-0.05, 0) is 18.2 Å². The zero-order valence-corrected chi connectivity index (χ0v) is 16.9. The van der Waals surface area contributed by atoms with Gasteiger partial charge in [0.15, 0.2) is 11.8 Å². The van der Waals surface area contributed by atoms with Crippen LogP contribution in [0.1, 0.15) is 6.04 Å². The molecule has 0 bridgehead atoms. The minimum absolute atomic E-state index is 0.178. The Morgan fingerprint density at radius 3 is 2.56 bits per heavy atom. The van der Waals surface area contributed by atoms with Crippen LogP contribution in [-0.2, 0) is 0 Å². The number of aromatic nitrogens is 5. The number of hydrogen-bond donors (Lipinski definition) is 2. The molecule has 0 saturated heterocycles. The molecule has 4 aromatic heterocycles. The smallest absolute Gasteiger partial charge is 0.413 e. The topological polar surface area (TPSA) is 107 Å². The quantitative estimate of drug-likeness (QED) is 0.466. The van der Waals surface area contributed by atoms with Gasteiger partial charge in [-0.1, -0.05) is 0 Å². The highest BCUT2D eigenvalue weighted by atomic mass is 19.4. The number of ether oxygens (including phenoxy) is 2. The summed E-state index contributed by atoms with van der Waals surface area (Å²) in [5, 5.41) is 23.8. The number of rotatable bonds is 6. The summed E-state index contributed by atoms with van der Waals surface area (Å²) >= 11 is 0. The molecule has 0 saturated carbocycles. The monoisotopic (exact) mass is 449 g/mol. The van der Waals surface area contributed by atoms with Gasteiger partial charge >= 0.3 is 6.18 Å². The molecule has 2 N–H and O–H groups in total. The minimum Gasteiger partial charge on any atom is -0.494 e. The molecule has 0 radical (unpaired) electrons. The molecule has 4 aromatic rings. The van der Waals surface area contributed by atoms with Gasteiger partial charge in [-0.25, -0.2) is 9.97 Å². The van der Waals surface area contributed by atoms with E-state index in [1.54, 1.807) is 24.4 Å². The van der Waals surface area contributed by atoms with Gasteiger partial charge in [0.2, 0.25) is 5.88 Å². The molecule has 4 rings (SSSR count). The number of pyridine rings is 2. The molecule has 32 heavy (non-hydrogen) atoms. The van der Waals surface area contributed by atoms with Crippen molar-refractivity contribution in [2.75, 3.05) is 20.8 Å². The summed E-state index contributed by atoms with van der Waals surface area (Å²) in [5.74, 6) is 0.526. The van der Waals surface area contributed by atoms with Crippen LogP contribution in [0, 0.1) is 0 Å². The van der Waals surface area contributed by atoms with Crippen LogP contribution in [0.25, 0.3) is 27.8 Å². The van der Waals surface area contributed by atoms with Gasteiger partial charge in [0.25, 0.3) is 5.88 Å². The first-order chi connectivity index (χ1) is 15.3. The lowest BCUT2D eigenvalue weighted by molar-refractivity contribution is -0.178. The van der Waals surface area contributed by atoms with Crippen LogP contribution < -0.4 is 9.47 Å². The van der Waals surface area contributed by atoms with Gasteiger partial charge in [0, 0.05) is 24.2 Å². The fourth-order valence-corrected chi connectivity index (χ4v) is 3.26. The second-order valence-electron chi connectivity index (χ2n) is 6.81. The molecule has 1 atom stereocenters. The summed E-state index contributed by atoms with van der Waals surface area (Å²) < 4.78 is 51.4. The van der Waals surface area contributed by atoms with Gasteiger partial charge in [-0.3, -0.25) is 9.25 Å². The summed E-state index contributed by atoms with van der Waals surface area (Å²) in [5.41, 5.74) is 1.76. The number of nitrogens with zero attached hydrogens (tertiary/aromatic N) is 5. The van der Waals surface area contributed by atoms with Gasteiger partial charge in [0.1, 0.15) is 0 Å². The van der Waals surface area contributed by atoms with E-state index in [-0.39, 0.29) is 11.6 Å². The summed E-state index contributed by atoms with van der Waals surface area (Å²) in [7, 11) is 2.96. The number of hydrogen-bond acceptors (Lipinski definition) is 7. The lowest BCUT2D eigenvalue weighted by Gasteiger charge is -2.17. The van der Waals surface area contributed by atoms with Crippen LogP contribution in [0.3, 0.4) is 0 Å². The first kappa shape index (κ1) is 21.4. The number of aliphatic hydroxyl groups excluding tert-OH is 1. The molecule has 168 valence electrons. The number of fused-ring (bicyclic) bond motifs is 1. The van der Waals surface area contributed by atoms with E-state index in [1.165, 1.54) is 25.0 Å². The molecule has 1 unspecified atom stereocenters. The van der Waals surface area contributed by atoms with Gasteiger partial charge in [0.05, 0.1) is 49.3 Å². The maximum atomic E-state index is 13.1. The van der Waals surface area contributed by atoms with Crippen LogP contribution in [0.5, 0.6) is 17.5 Å². The standard InChI is InChI=1S/C20H18F3N5O4/c1-31-16-5-11(6-24-18(16)32-2)14-4-3-13-15(26-14)9-27(19(13)30)12-7-25-28(8-12)17(10-29)20(21,22)23/h3-9,17,29-30H,10H2,1-2H3. The zero-order chi connectivity index (χ0) is 23.0. The Morgan fingerprint density at radius 1 is 1.12 bits per heavy atom. The molecule has 12 heteroatoms. The Morgan fingerprint density at radius 2 is 1.91 bits per heavy atom. The van der Waals surface area contributed by atoms with Gasteiger partial charge in [-0.15, -0.1) is 0 Å². The number of alkyl halides is 3. The molecule has 0 fully saturated rings. The average Bonchev–Trinajstić information content (AvgIpc) is 3.37. The summed E-state index contributed by atoms with van der Waals surface area (Å²) in [6, 6.07) is 2.82. The van der Waals surface area contributed by atoms with Crippen LogP contribution in [-0.4, -0.2) is 61.5 Å². The van der Waals surface area contributed by atoms with Crippen molar-refractivity contribution in [3.63, 3.8) is 0 Å². The van der Waals surface area contributed by atoms with Gasteiger partial charge < -0.3 is 19.7 Å². The van der Waals surface area contributed by atoms with Crippen LogP contribution >= 0.6 is 0 Å². The Bertz CT molecular complexity index is 1270. The van der Waals surface area contributed by atoms with Crippen molar-refractivity contribution < 1.29 is 32.9 Å². The molecule has 0 aliphatic heterocycles. The highest BCUT2D eigenvalue weighted by Crippen LogP contribution is 2.34. The van der Waals surface area contributed by atoms with Crippen LogP contribution in [0.15, 0.2) is 43.0 Å². The Kier molecular flexibility index (Phi) is 5.38. The molecule has 9 nitrogen and oxygen atoms in total. The first-order valence-electron chi connectivity index (χ1n) is 9.28. The molecule has 4 heterocycles. The van der Waals surface area contributed by atoms with Crippen molar-refractivity contribution in [3.8, 4) is 34.5 Å². The van der Waals surface area contributed by atoms with Gasteiger partial charge in [-0.2, -0.15) is 18.3 Å². The third kappa shape index (κ3) is 3.68. The van der Waals surface area contributed by atoms with Crippen molar-refractivity contribution in [1.82, 2.24) is 24.3 Å². The van der Waals surface area contributed by atoms with Crippen LogP contribution in [0.2, 0.25) is 0 Å². The van der Waals surface area contributed by atoms with E-state index >= 15 is 0 Å². The lowest BCUT2D eigenvalue weighted by atomic mass is 10.1. The number of aliphatic hydroxyl groups is 1. The fraction of sp³-hybridized carbons (Fsp3) is 0.250. The van der Waals surface area contributed by atoms with Crippen molar-refractivity contribution in [1.29, 1.82) is 0 Å². The Labute approximate surface area is 179 Å². The number of aromatic hydroxyl groups is 1. The predicted octanol–water partition coefficient (Wildman–Crippen LogP) is 3.10. The van der Waals surface area contributed by atoms with E-state index in [2.05, 4.69) is 15.1 Å². The van der Waals surface area contributed by atoms with Crippen molar-refractivity contribution in [3.05, 3.63) is 43.0 Å². The third-order valence-corrected chi connectivity index (χ3v) is 4.91. The highest BCUT2D eigenvalue weighted by Gasteiger charge is 2.41. The molecular formula is C20H18F3N5O4. The molecule has 0 amide bonds. The summed E-state index contributed by atoms with van der Waals surface area (Å²) in [6.07, 6.45) is 0.609. The first-order valence-corrected chi connectivity index (χ1v) is 9.28. The van der Waals surface area contributed by atoms with E-state index < -0.39 is 18.8 Å². The number of methoxy groups -OCH3 is 2.